The maximum Gasteiger partial charge on any atom is 0.164 e. The molecule has 0 atom stereocenters. The highest BCUT2D eigenvalue weighted by atomic mass is 32.1. The third kappa shape index (κ3) is 15.6. The van der Waals surface area contributed by atoms with E-state index in [4.69, 9.17) is 59.2 Å². The van der Waals surface area contributed by atoms with Crippen molar-refractivity contribution in [2.45, 2.75) is 0 Å². The molecule has 18 aromatic carbocycles. The van der Waals surface area contributed by atoms with Gasteiger partial charge in [-0.2, -0.15) is 0 Å². The Morgan fingerprint density at radius 2 is 0.460 bits per heavy atom. The summed E-state index contributed by atoms with van der Waals surface area (Å²) >= 11 is 3.63. The molecule has 0 radical (unpaired) electrons. The summed E-state index contributed by atoms with van der Waals surface area (Å²) in [4.78, 5) is 58.1. The first-order valence-corrected chi connectivity index (χ1v) is 51.5. The topological polar surface area (TPSA) is 170 Å². The number of aromatic nitrogens is 14. The van der Waals surface area contributed by atoms with Gasteiger partial charge in [-0.15, -0.1) is 22.7 Å². The number of thiophene rings is 2. The smallest absolute Gasteiger partial charge is 0.164 e. The number of pyridine rings is 3. The van der Waals surface area contributed by atoms with Crippen molar-refractivity contribution in [3.8, 4) is 153 Å². The van der Waals surface area contributed by atoms with Crippen LogP contribution >= 0.6 is 22.7 Å². The quantitative estimate of drug-likeness (QED) is 0.0953. The molecule has 12 aromatic heterocycles. The largest absolute Gasteiger partial charge is 0.453 e. The first-order chi connectivity index (χ1) is 74.4. The van der Waals surface area contributed by atoms with Crippen molar-refractivity contribution in [2.75, 3.05) is 0 Å². The highest BCUT2D eigenvalue weighted by Crippen LogP contribution is 2.53. The molecule has 0 spiro atoms. The molecule has 0 aliphatic heterocycles. The Bertz CT molecular complexity index is 9850. The predicted octanol–water partition coefficient (Wildman–Crippen LogP) is 34.3. The highest BCUT2D eigenvalue weighted by molar-refractivity contribution is 7.27. The van der Waals surface area contributed by atoms with E-state index in [1.165, 1.54) is 46.0 Å². The van der Waals surface area contributed by atoms with Crippen molar-refractivity contribution in [1.82, 2.24) is 68.5 Å². The third-order valence-electron chi connectivity index (χ3n) is 27.9. The number of nitrogens with zero attached hydrogens (tertiary/aromatic N) is 14. The zero-order valence-corrected chi connectivity index (χ0v) is 82.0. The summed E-state index contributed by atoms with van der Waals surface area (Å²) in [5.41, 5.74) is 28.8. The molecule has 15 nitrogen and oxygen atoms in total. The van der Waals surface area contributed by atoms with Crippen LogP contribution in [0.5, 0.6) is 0 Å². The van der Waals surface area contributed by atoms with Crippen molar-refractivity contribution < 1.29 is 4.42 Å². The second-order valence-corrected chi connectivity index (χ2v) is 39.0. The fourth-order valence-electron chi connectivity index (χ4n) is 21.0. The molecule has 0 aliphatic carbocycles. The van der Waals surface area contributed by atoms with Gasteiger partial charge in [0.15, 0.2) is 46.4 Å². The van der Waals surface area contributed by atoms with Crippen LogP contribution in [0.3, 0.4) is 0 Å². The average molecular weight is 1960 g/mol. The molecule has 702 valence electrons. The molecule has 0 bridgehead atoms. The minimum atomic E-state index is 0.613. The van der Waals surface area contributed by atoms with E-state index in [9.17, 15) is 0 Å². The minimum Gasteiger partial charge on any atom is -0.453 e. The molecule has 0 saturated heterocycles. The molecule has 0 amide bonds. The summed E-state index contributed by atoms with van der Waals surface area (Å²) in [5, 5.41) is 12.6. The Balaban J connectivity index is 0.000000108. The molecule has 0 N–H and O–H groups in total. The number of hydrogen-bond donors (Lipinski definition) is 0. The summed E-state index contributed by atoms with van der Waals surface area (Å²) in [6.45, 7) is 0. The standard InChI is InChI=1S/C45H28N4S.C44H27N5O.C44H27N5S/c1-5-15-29(16-6-1)37-28-38(48-44(47-37)31-19-9-3-10-20-31)32-25-26-39-35(27-32)41-40-34-23-13-14-24-36(34)46-42(30-17-7-2-8-18-30)43(40)50-45(41)49(39)33-21-11-4-12-22-33;1-4-14-28(15-5-1)38-37-39-41(50-40(37)33-20-10-12-22-35(33)45-38)34-21-11-13-23-36(34)49(39)32-26-24-31(25-27-32)44-47-42(29-16-6-2-7-17-29)46-43(48-44)30-18-8-3-9-19-30;1-5-15-28(16-6-1)39-40-37(33-23-13-14-24-35(33)45-39)38-34-27-31(25-26-36(34)49(44(38)50-40)32-21-11-4-12-22-32)43-47-41(29-17-7-2-8-18-29)46-42(48-43)30-19-9-3-10-20-30/h1-28H;2*1-27H. The first kappa shape index (κ1) is 87.9. The minimum absolute atomic E-state index is 0.613. The van der Waals surface area contributed by atoms with Crippen LogP contribution in [0.2, 0.25) is 0 Å². The molecule has 150 heavy (non-hydrogen) atoms. The first-order valence-electron chi connectivity index (χ1n) is 49.9. The van der Waals surface area contributed by atoms with Gasteiger partial charge in [0.25, 0.3) is 0 Å². The molecule has 0 saturated carbocycles. The molecule has 0 aliphatic rings. The normalized spacial score (nSPS) is 11.6. The maximum absolute atomic E-state index is 6.86. The number of para-hydroxylation sites is 6. The van der Waals surface area contributed by atoms with Crippen LogP contribution in [0.25, 0.3) is 281 Å². The van der Waals surface area contributed by atoms with Gasteiger partial charge in [-0.05, 0) is 121 Å². The lowest BCUT2D eigenvalue weighted by atomic mass is 10.0. The van der Waals surface area contributed by atoms with Crippen molar-refractivity contribution in [2.24, 2.45) is 0 Å². The summed E-state index contributed by atoms with van der Waals surface area (Å²) in [5.74, 6) is 4.52. The molecular weight excluding hydrogens is 1870 g/mol. The van der Waals surface area contributed by atoms with Gasteiger partial charge in [-0.25, -0.2) is 54.8 Å². The second-order valence-electron chi connectivity index (χ2n) is 37.0. The van der Waals surface area contributed by atoms with Gasteiger partial charge >= 0.3 is 0 Å². The van der Waals surface area contributed by atoms with Crippen LogP contribution in [0.4, 0.5) is 0 Å². The number of fused-ring (bicyclic) bond motifs is 21. The van der Waals surface area contributed by atoms with E-state index < -0.39 is 0 Å². The Kier molecular flexibility index (Phi) is 21.9. The lowest BCUT2D eigenvalue weighted by molar-refractivity contribution is 0.676. The van der Waals surface area contributed by atoms with E-state index in [0.29, 0.717) is 40.8 Å². The van der Waals surface area contributed by atoms with Gasteiger partial charge in [-0.1, -0.05) is 376 Å². The fourth-order valence-corrected chi connectivity index (χ4v) is 23.7. The van der Waals surface area contributed by atoms with E-state index in [1.807, 2.05) is 181 Å². The average Bonchev–Trinajstić information content (AvgIpc) is 1.56. The van der Waals surface area contributed by atoms with Crippen LogP contribution in [-0.4, -0.2) is 68.5 Å². The Labute approximate surface area is 867 Å². The second kappa shape index (κ2) is 37.4. The van der Waals surface area contributed by atoms with Gasteiger partial charge in [0.1, 0.15) is 20.8 Å². The van der Waals surface area contributed by atoms with E-state index in [1.54, 1.807) is 11.3 Å². The summed E-state index contributed by atoms with van der Waals surface area (Å²) in [7, 11) is 0. The summed E-state index contributed by atoms with van der Waals surface area (Å²) in [6.07, 6.45) is 0. The summed E-state index contributed by atoms with van der Waals surface area (Å²) in [6, 6.07) is 171. The monoisotopic (exact) mass is 1950 g/mol. The van der Waals surface area contributed by atoms with Crippen LogP contribution in [0, 0.1) is 0 Å². The Hall–Kier alpha value is -19.9. The summed E-state index contributed by atoms with van der Waals surface area (Å²) < 4.78 is 16.3. The van der Waals surface area contributed by atoms with Gasteiger partial charge in [0.2, 0.25) is 0 Å². The highest BCUT2D eigenvalue weighted by Gasteiger charge is 2.30. The SMILES string of the molecule is c1ccc(-c2cc(-c3ccc4c(c3)c3c5c(sc3n4-c3ccccc3)c(-c3ccccc3)nc3ccccc35)nc(-c3ccccc3)n2)cc1.c1ccc(-c2nc(-c3ccccc3)nc(-c3ccc(-n4c5ccccc5c5oc6c7ccccc7nc(-c7ccccc7)c6c54)cc3)n2)cc1.c1ccc(-c2nc(-c3ccccc3)nc(-c3ccc4c(c3)c3c5c(sc3n4-c3ccccc3)c(-c3ccccc3)nc3ccccc35)n2)cc1. The van der Waals surface area contributed by atoms with Crippen LogP contribution < -0.4 is 0 Å². The van der Waals surface area contributed by atoms with Crippen LogP contribution in [0.1, 0.15) is 0 Å². The lowest BCUT2D eigenvalue weighted by Crippen LogP contribution is -2.00. The van der Waals surface area contributed by atoms with Crippen molar-refractivity contribution >= 4 is 151 Å². The third-order valence-corrected chi connectivity index (χ3v) is 30.3. The number of furan rings is 1. The molecule has 12 heterocycles. The number of rotatable bonds is 15. The van der Waals surface area contributed by atoms with Crippen LogP contribution in [-0.2, 0) is 0 Å². The van der Waals surface area contributed by atoms with E-state index in [0.717, 1.165) is 194 Å². The molecule has 30 rings (SSSR count). The molecule has 17 heteroatoms. The molecule has 30 aromatic rings. The van der Waals surface area contributed by atoms with E-state index in [-0.39, 0.29) is 0 Å². The number of hydrogen-bond acceptors (Lipinski definition) is 14. The zero-order valence-electron chi connectivity index (χ0n) is 80.3. The Morgan fingerprint density at radius 1 is 0.173 bits per heavy atom. The maximum atomic E-state index is 6.86. The predicted molar refractivity (Wildman–Crippen MR) is 616 cm³/mol. The molecule has 0 fully saturated rings. The van der Waals surface area contributed by atoms with Crippen molar-refractivity contribution in [3.05, 3.63) is 497 Å². The fraction of sp³-hybridized carbons (Fsp3) is 0. The number of benzene rings is 18. The van der Waals surface area contributed by atoms with E-state index >= 15 is 0 Å². The van der Waals surface area contributed by atoms with Crippen molar-refractivity contribution in [3.63, 3.8) is 0 Å². The molecular formula is C133H82N14OS2. The Morgan fingerprint density at radius 3 is 0.880 bits per heavy atom. The van der Waals surface area contributed by atoms with Gasteiger partial charge < -0.3 is 18.1 Å². The van der Waals surface area contributed by atoms with Crippen LogP contribution in [0.15, 0.2) is 502 Å². The van der Waals surface area contributed by atoms with Gasteiger partial charge in [0, 0.05) is 138 Å². The van der Waals surface area contributed by atoms with Crippen molar-refractivity contribution in [1.29, 1.82) is 0 Å². The van der Waals surface area contributed by atoms with E-state index in [2.05, 4.69) is 341 Å². The van der Waals surface area contributed by atoms with Gasteiger partial charge in [0.05, 0.1) is 76.4 Å². The molecule has 0 unspecified atom stereocenters. The lowest BCUT2D eigenvalue weighted by Gasteiger charge is -2.12. The zero-order chi connectivity index (χ0) is 99.1. The van der Waals surface area contributed by atoms with Gasteiger partial charge in [-0.3, -0.25) is 0 Å².